The van der Waals surface area contributed by atoms with Gasteiger partial charge < -0.3 is 14.4 Å². The Morgan fingerprint density at radius 2 is 1.84 bits per heavy atom. The van der Waals surface area contributed by atoms with Gasteiger partial charge in [-0.3, -0.25) is 4.79 Å². The van der Waals surface area contributed by atoms with Gasteiger partial charge in [-0.2, -0.15) is 0 Å². The van der Waals surface area contributed by atoms with Crippen LogP contribution in [0, 0.1) is 5.92 Å². The Balaban J connectivity index is 1.63. The molecule has 25 heavy (non-hydrogen) atoms. The average molecular weight is 337 g/mol. The molecule has 4 nitrogen and oxygen atoms in total. The van der Waals surface area contributed by atoms with Crippen LogP contribution < -0.4 is 14.4 Å². The maximum absolute atomic E-state index is 12.7. The van der Waals surface area contributed by atoms with Gasteiger partial charge in [0.05, 0.1) is 19.9 Å². The molecule has 1 atom stereocenters. The molecule has 4 heteroatoms. The lowest BCUT2D eigenvalue weighted by Crippen LogP contribution is -2.27. The van der Waals surface area contributed by atoms with Crippen molar-refractivity contribution < 1.29 is 14.3 Å². The minimum Gasteiger partial charge on any atom is -0.497 e. The summed E-state index contributed by atoms with van der Waals surface area (Å²) >= 11 is 0. The molecule has 0 spiro atoms. The number of hydrogen-bond acceptors (Lipinski definition) is 3. The lowest BCUT2D eigenvalue weighted by Gasteiger charge is -2.19. The van der Waals surface area contributed by atoms with Gasteiger partial charge in [0.25, 0.3) is 0 Å². The molecule has 2 aromatic rings. The summed E-state index contributed by atoms with van der Waals surface area (Å²) in [6, 6.07) is 15.6. The number of rotatable bonds is 6. The molecular formula is C21H23NO3. The Bertz CT molecular complexity index is 752. The predicted molar refractivity (Wildman–Crippen MR) is 100 cm³/mol. The van der Waals surface area contributed by atoms with E-state index in [1.54, 1.807) is 14.2 Å². The van der Waals surface area contributed by atoms with Crippen LogP contribution in [0.2, 0.25) is 0 Å². The second-order valence-electron chi connectivity index (χ2n) is 6.06. The first-order chi connectivity index (χ1) is 12.2. The Morgan fingerprint density at radius 1 is 1.08 bits per heavy atom. The maximum atomic E-state index is 12.7. The molecular weight excluding hydrogens is 314 g/mol. The Kier molecular flexibility index (Phi) is 5.39. The minimum absolute atomic E-state index is 0.0272. The van der Waals surface area contributed by atoms with Gasteiger partial charge in [-0.1, -0.05) is 36.4 Å². The monoisotopic (exact) mass is 337 g/mol. The standard InChI is InChI=1S/C21H23NO3/c1-24-18-12-10-16(11-13-18)6-5-7-17-14-15-22(21(17)23)19-8-3-4-9-20(19)25-2/h3-6,8-13,17H,7,14-15H2,1-2H3. The van der Waals surface area contributed by atoms with E-state index in [0.29, 0.717) is 0 Å². The summed E-state index contributed by atoms with van der Waals surface area (Å²) in [4.78, 5) is 14.6. The van der Waals surface area contributed by atoms with Gasteiger partial charge in [0.2, 0.25) is 5.91 Å². The quantitative estimate of drug-likeness (QED) is 0.794. The summed E-state index contributed by atoms with van der Waals surface area (Å²) in [5.74, 6) is 1.78. The van der Waals surface area contributed by atoms with Crippen LogP contribution in [-0.4, -0.2) is 26.7 Å². The van der Waals surface area contributed by atoms with E-state index in [1.165, 1.54) is 0 Å². The number of allylic oxidation sites excluding steroid dienone is 1. The van der Waals surface area contributed by atoms with E-state index < -0.39 is 0 Å². The summed E-state index contributed by atoms with van der Waals surface area (Å²) < 4.78 is 10.5. The summed E-state index contributed by atoms with van der Waals surface area (Å²) in [6.45, 7) is 0.736. The van der Waals surface area contributed by atoms with Crippen molar-refractivity contribution in [3.8, 4) is 11.5 Å². The van der Waals surface area contributed by atoms with Crippen LogP contribution in [0.25, 0.3) is 6.08 Å². The zero-order valence-corrected chi connectivity index (χ0v) is 14.6. The van der Waals surface area contributed by atoms with Crippen LogP contribution in [0.4, 0.5) is 5.69 Å². The first-order valence-electron chi connectivity index (χ1n) is 8.48. The topological polar surface area (TPSA) is 38.8 Å². The van der Waals surface area contributed by atoms with E-state index in [4.69, 9.17) is 9.47 Å². The zero-order valence-electron chi connectivity index (χ0n) is 14.6. The van der Waals surface area contributed by atoms with E-state index in [2.05, 4.69) is 12.2 Å². The third-order valence-electron chi connectivity index (χ3n) is 4.54. The molecule has 0 aliphatic carbocycles. The molecule has 0 saturated carbocycles. The van der Waals surface area contributed by atoms with E-state index in [-0.39, 0.29) is 11.8 Å². The molecule has 2 aromatic carbocycles. The van der Waals surface area contributed by atoms with Gasteiger partial charge in [-0.15, -0.1) is 0 Å². The van der Waals surface area contributed by atoms with Gasteiger partial charge in [-0.25, -0.2) is 0 Å². The molecule has 130 valence electrons. The van der Waals surface area contributed by atoms with Crippen molar-refractivity contribution >= 4 is 17.7 Å². The zero-order chi connectivity index (χ0) is 17.6. The highest BCUT2D eigenvalue weighted by atomic mass is 16.5. The van der Waals surface area contributed by atoms with Crippen molar-refractivity contribution in [2.24, 2.45) is 5.92 Å². The number of hydrogen-bond donors (Lipinski definition) is 0. The van der Waals surface area contributed by atoms with Crippen molar-refractivity contribution in [2.45, 2.75) is 12.8 Å². The normalized spacial score (nSPS) is 17.3. The molecule has 1 saturated heterocycles. The molecule has 0 N–H and O–H groups in total. The van der Waals surface area contributed by atoms with E-state index >= 15 is 0 Å². The fourth-order valence-corrected chi connectivity index (χ4v) is 3.13. The number of nitrogens with zero attached hydrogens (tertiary/aromatic N) is 1. The van der Waals surface area contributed by atoms with E-state index in [9.17, 15) is 4.79 Å². The minimum atomic E-state index is 0.0272. The predicted octanol–water partition coefficient (Wildman–Crippen LogP) is 4.16. The van der Waals surface area contributed by atoms with Crippen LogP contribution in [0.15, 0.2) is 54.6 Å². The molecule has 0 radical (unpaired) electrons. The van der Waals surface area contributed by atoms with E-state index in [0.717, 1.165) is 42.1 Å². The van der Waals surface area contributed by atoms with Gasteiger partial charge >= 0.3 is 0 Å². The molecule has 1 aliphatic heterocycles. The number of benzene rings is 2. The molecule has 1 heterocycles. The maximum Gasteiger partial charge on any atom is 0.230 e. The number of para-hydroxylation sites is 2. The number of carbonyl (C=O) groups is 1. The van der Waals surface area contributed by atoms with Gasteiger partial charge in [0.15, 0.2) is 0 Å². The van der Waals surface area contributed by atoms with Crippen LogP contribution in [-0.2, 0) is 4.79 Å². The Morgan fingerprint density at radius 3 is 2.56 bits per heavy atom. The van der Waals surface area contributed by atoms with Crippen molar-refractivity contribution in [1.29, 1.82) is 0 Å². The lowest BCUT2D eigenvalue weighted by atomic mass is 10.0. The average Bonchev–Trinajstić information content (AvgIpc) is 3.03. The fourth-order valence-electron chi connectivity index (χ4n) is 3.13. The number of methoxy groups -OCH3 is 2. The lowest BCUT2D eigenvalue weighted by molar-refractivity contribution is -0.120. The van der Waals surface area contributed by atoms with Crippen molar-refractivity contribution in [3.05, 3.63) is 60.2 Å². The molecule has 0 aromatic heterocycles. The Hall–Kier alpha value is -2.75. The molecule has 1 aliphatic rings. The summed E-state index contributed by atoms with van der Waals surface area (Å²) in [5, 5.41) is 0. The second kappa shape index (κ2) is 7.88. The molecule has 3 rings (SSSR count). The number of anilines is 1. The second-order valence-corrected chi connectivity index (χ2v) is 6.06. The summed E-state index contributed by atoms with van der Waals surface area (Å²) in [5.41, 5.74) is 1.96. The van der Waals surface area contributed by atoms with Crippen LogP contribution in [0.1, 0.15) is 18.4 Å². The highest BCUT2D eigenvalue weighted by molar-refractivity contribution is 5.98. The first-order valence-corrected chi connectivity index (χ1v) is 8.48. The molecule has 1 unspecified atom stereocenters. The van der Waals surface area contributed by atoms with Crippen LogP contribution in [0.5, 0.6) is 11.5 Å². The molecule has 1 fully saturated rings. The van der Waals surface area contributed by atoms with Crippen molar-refractivity contribution in [2.75, 3.05) is 25.7 Å². The smallest absolute Gasteiger partial charge is 0.230 e. The molecule has 0 bridgehead atoms. The SMILES string of the molecule is COc1ccc(C=CCC2CCN(c3ccccc3OC)C2=O)cc1. The van der Waals surface area contributed by atoms with Gasteiger partial charge in [0, 0.05) is 12.5 Å². The number of carbonyl (C=O) groups excluding carboxylic acids is 1. The summed E-state index contributed by atoms with van der Waals surface area (Å²) in [6.07, 6.45) is 5.74. The van der Waals surface area contributed by atoms with Crippen LogP contribution in [0.3, 0.4) is 0 Å². The highest BCUT2D eigenvalue weighted by Gasteiger charge is 2.32. The summed E-state index contributed by atoms with van der Waals surface area (Å²) in [7, 11) is 3.29. The van der Waals surface area contributed by atoms with Crippen molar-refractivity contribution in [1.82, 2.24) is 0 Å². The van der Waals surface area contributed by atoms with Gasteiger partial charge in [-0.05, 0) is 42.7 Å². The Labute approximate surface area is 148 Å². The third-order valence-corrected chi connectivity index (χ3v) is 4.54. The highest BCUT2D eigenvalue weighted by Crippen LogP contribution is 2.33. The van der Waals surface area contributed by atoms with Gasteiger partial charge in [0.1, 0.15) is 11.5 Å². The van der Waals surface area contributed by atoms with Crippen LogP contribution >= 0.6 is 0 Å². The molecule has 1 amide bonds. The largest absolute Gasteiger partial charge is 0.497 e. The third kappa shape index (κ3) is 3.85. The number of amides is 1. The number of ether oxygens (including phenoxy) is 2. The van der Waals surface area contributed by atoms with E-state index in [1.807, 2.05) is 53.4 Å². The fraction of sp³-hybridized carbons (Fsp3) is 0.286. The van der Waals surface area contributed by atoms with Crippen molar-refractivity contribution in [3.63, 3.8) is 0 Å². The first kappa shape index (κ1) is 17.1.